The van der Waals surface area contributed by atoms with Gasteiger partial charge in [-0.25, -0.2) is 22.7 Å². The van der Waals surface area contributed by atoms with Crippen LogP contribution in [0.1, 0.15) is 49.0 Å². The summed E-state index contributed by atoms with van der Waals surface area (Å²) in [5.41, 5.74) is -0.256. The highest BCUT2D eigenvalue weighted by molar-refractivity contribution is 7.89. The van der Waals surface area contributed by atoms with Crippen LogP contribution in [0.3, 0.4) is 0 Å². The number of nitrogens with zero attached hydrogens (tertiary/aromatic N) is 1. The van der Waals surface area contributed by atoms with E-state index in [2.05, 4.69) is 15.4 Å². The largest absolute Gasteiger partial charge is 0.451 e. The van der Waals surface area contributed by atoms with E-state index < -0.39 is 34.5 Å². The summed E-state index contributed by atoms with van der Waals surface area (Å²) in [5, 5.41) is 5.26. The minimum Gasteiger partial charge on any atom is -0.451 e. The van der Waals surface area contributed by atoms with Crippen molar-refractivity contribution in [2.75, 3.05) is 13.7 Å². The number of hydrogen-bond acceptors (Lipinski definition) is 6. The lowest BCUT2D eigenvalue weighted by Crippen LogP contribution is -2.62. The number of carbonyl (C=O) groups excluding carboxylic acids is 3. The standard InChI is InChI=1S/C20H28N4O6S/c1-21-31(28,29)15-6-16(24(2)10-15)18(26)30-11-17(25)22-19(27)23-20-7-12-3-13(8-20)5-14(4-12)9-20/h6,10,12-14,21H,3-5,7-9,11H2,1-2H3,(H2,22,23,25,27). The maximum absolute atomic E-state index is 12.4. The Morgan fingerprint density at radius 3 is 2.26 bits per heavy atom. The summed E-state index contributed by atoms with van der Waals surface area (Å²) < 4.78 is 32.1. The number of imide groups is 1. The molecule has 0 spiro atoms. The Kier molecular flexibility index (Phi) is 5.59. The topological polar surface area (TPSA) is 136 Å². The molecule has 31 heavy (non-hydrogen) atoms. The summed E-state index contributed by atoms with van der Waals surface area (Å²) in [6, 6.07) is 0.593. The van der Waals surface area contributed by atoms with Crippen LogP contribution < -0.4 is 15.4 Å². The number of ether oxygens (including phenoxy) is 1. The lowest BCUT2D eigenvalue weighted by Gasteiger charge is -2.56. The Hall–Kier alpha value is -2.40. The average Bonchev–Trinajstić information content (AvgIpc) is 3.07. The van der Waals surface area contributed by atoms with Crippen molar-refractivity contribution in [2.24, 2.45) is 24.8 Å². The fraction of sp³-hybridized carbons (Fsp3) is 0.650. The molecule has 1 aromatic heterocycles. The van der Waals surface area contributed by atoms with E-state index in [1.807, 2.05) is 0 Å². The molecule has 1 aromatic rings. The van der Waals surface area contributed by atoms with E-state index in [0.717, 1.165) is 25.3 Å². The van der Waals surface area contributed by atoms with Gasteiger partial charge in [0.15, 0.2) is 6.61 Å². The first-order chi connectivity index (χ1) is 14.6. The molecule has 11 heteroatoms. The highest BCUT2D eigenvalue weighted by Crippen LogP contribution is 2.55. The second-order valence-electron chi connectivity index (χ2n) is 9.16. The van der Waals surface area contributed by atoms with E-state index in [-0.39, 0.29) is 16.1 Å². The molecule has 170 valence electrons. The van der Waals surface area contributed by atoms with Gasteiger partial charge < -0.3 is 14.6 Å². The number of hydrogen-bond donors (Lipinski definition) is 3. The number of esters is 1. The highest BCUT2D eigenvalue weighted by atomic mass is 32.2. The van der Waals surface area contributed by atoms with Crippen molar-refractivity contribution in [3.63, 3.8) is 0 Å². The van der Waals surface area contributed by atoms with E-state index in [1.54, 1.807) is 0 Å². The second kappa shape index (κ2) is 7.94. The second-order valence-corrected chi connectivity index (χ2v) is 11.0. The van der Waals surface area contributed by atoms with Crippen LogP contribution in [-0.4, -0.2) is 50.1 Å². The van der Waals surface area contributed by atoms with Crippen molar-refractivity contribution in [1.29, 1.82) is 0 Å². The number of urea groups is 1. The van der Waals surface area contributed by atoms with Crippen LogP contribution in [0.5, 0.6) is 0 Å². The Labute approximate surface area is 181 Å². The molecule has 10 nitrogen and oxygen atoms in total. The summed E-state index contributed by atoms with van der Waals surface area (Å²) in [4.78, 5) is 36.7. The van der Waals surface area contributed by atoms with Crippen LogP contribution in [0.25, 0.3) is 0 Å². The van der Waals surface area contributed by atoms with Gasteiger partial charge in [0.2, 0.25) is 10.0 Å². The maximum Gasteiger partial charge on any atom is 0.355 e. The molecule has 0 unspecified atom stereocenters. The Balaban J connectivity index is 1.29. The molecular weight excluding hydrogens is 424 g/mol. The van der Waals surface area contributed by atoms with E-state index in [4.69, 9.17) is 4.74 Å². The van der Waals surface area contributed by atoms with Gasteiger partial charge in [0.1, 0.15) is 10.6 Å². The smallest absolute Gasteiger partial charge is 0.355 e. The minimum absolute atomic E-state index is 0.0281. The molecule has 3 amide bonds. The SMILES string of the molecule is CNS(=O)(=O)c1cc(C(=O)OCC(=O)NC(=O)NC23CC4CC(CC(C4)C2)C3)n(C)c1. The van der Waals surface area contributed by atoms with Crippen molar-refractivity contribution in [1.82, 2.24) is 19.9 Å². The zero-order valence-corrected chi connectivity index (χ0v) is 18.5. The fourth-order valence-corrected chi connectivity index (χ4v) is 6.70. The van der Waals surface area contributed by atoms with Gasteiger partial charge in [-0.15, -0.1) is 0 Å². The predicted octanol–water partition coefficient (Wildman–Crippen LogP) is 0.885. The molecule has 4 bridgehead atoms. The molecule has 4 fully saturated rings. The van der Waals surface area contributed by atoms with Crippen molar-refractivity contribution in [3.05, 3.63) is 18.0 Å². The van der Waals surface area contributed by atoms with Gasteiger partial charge in [0.05, 0.1) is 0 Å². The molecule has 4 aliphatic rings. The van der Waals surface area contributed by atoms with Crippen molar-refractivity contribution in [3.8, 4) is 0 Å². The van der Waals surface area contributed by atoms with Gasteiger partial charge in [-0.1, -0.05) is 0 Å². The molecule has 0 saturated heterocycles. The minimum atomic E-state index is -3.71. The number of amides is 3. The molecule has 1 heterocycles. The van der Waals surface area contributed by atoms with Gasteiger partial charge in [-0.3, -0.25) is 10.1 Å². The number of nitrogens with one attached hydrogen (secondary N) is 3. The van der Waals surface area contributed by atoms with Crippen LogP contribution in [0.15, 0.2) is 17.2 Å². The molecule has 3 N–H and O–H groups in total. The molecule has 0 aliphatic heterocycles. The predicted molar refractivity (Wildman–Crippen MR) is 110 cm³/mol. The molecule has 0 aromatic carbocycles. The molecule has 0 radical (unpaired) electrons. The van der Waals surface area contributed by atoms with Crippen LogP contribution in [0.2, 0.25) is 0 Å². The summed E-state index contributed by atoms with van der Waals surface area (Å²) in [6.45, 7) is -0.646. The Bertz CT molecular complexity index is 980. The number of rotatable bonds is 6. The third-order valence-corrected chi connectivity index (χ3v) is 8.15. The summed E-state index contributed by atoms with van der Waals surface area (Å²) >= 11 is 0. The normalized spacial score (nSPS) is 28.9. The van der Waals surface area contributed by atoms with Gasteiger partial charge in [0.25, 0.3) is 5.91 Å². The molecular formula is C20H28N4O6S. The van der Waals surface area contributed by atoms with E-state index in [0.29, 0.717) is 17.8 Å². The number of sulfonamides is 1. The van der Waals surface area contributed by atoms with E-state index in [1.165, 1.54) is 44.1 Å². The average molecular weight is 453 g/mol. The molecule has 4 aliphatic carbocycles. The number of carbonyl (C=O) groups is 3. The summed E-state index contributed by atoms with van der Waals surface area (Å²) in [7, 11) is -0.961. The number of aryl methyl sites for hydroxylation is 1. The first-order valence-corrected chi connectivity index (χ1v) is 12.0. The van der Waals surface area contributed by atoms with Crippen molar-refractivity contribution >= 4 is 27.9 Å². The lowest BCUT2D eigenvalue weighted by atomic mass is 9.53. The Morgan fingerprint density at radius 2 is 1.71 bits per heavy atom. The van der Waals surface area contributed by atoms with E-state index >= 15 is 0 Å². The van der Waals surface area contributed by atoms with Gasteiger partial charge in [-0.05, 0) is 69.4 Å². The van der Waals surface area contributed by atoms with Crippen molar-refractivity contribution < 1.29 is 27.5 Å². The molecule has 0 atom stereocenters. The Morgan fingerprint density at radius 1 is 1.13 bits per heavy atom. The van der Waals surface area contributed by atoms with E-state index in [9.17, 15) is 22.8 Å². The summed E-state index contributed by atoms with van der Waals surface area (Å²) in [6.07, 6.45) is 7.88. The number of aromatic nitrogens is 1. The zero-order valence-electron chi connectivity index (χ0n) is 17.6. The lowest BCUT2D eigenvalue weighted by molar-refractivity contribution is -0.123. The highest BCUT2D eigenvalue weighted by Gasteiger charge is 2.51. The fourth-order valence-electron chi connectivity index (χ4n) is 5.91. The molecule has 5 rings (SSSR count). The van der Waals surface area contributed by atoms with Crippen LogP contribution in [0.4, 0.5) is 4.79 Å². The van der Waals surface area contributed by atoms with Gasteiger partial charge in [-0.2, -0.15) is 0 Å². The maximum atomic E-state index is 12.4. The van der Waals surface area contributed by atoms with Gasteiger partial charge in [0, 0.05) is 18.8 Å². The third-order valence-electron chi connectivity index (χ3n) is 6.77. The first kappa shape index (κ1) is 21.8. The van der Waals surface area contributed by atoms with Crippen molar-refractivity contribution in [2.45, 2.75) is 49.0 Å². The quantitative estimate of drug-likeness (QED) is 0.549. The zero-order chi connectivity index (χ0) is 22.4. The monoisotopic (exact) mass is 452 g/mol. The first-order valence-electron chi connectivity index (χ1n) is 10.5. The van der Waals surface area contributed by atoms with Crippen LogP contribution in [0, 0.1) is 17.8 Å². The van der Waals surface area contributed by atoms with Crippen LogP contribution in [-0.2, 0) is 26.6 Å². The van der Waals surface area contributed by atoms with Crippen LogP contribution >= 0.6 is 0 Å². The molecule has 4 saturated carbocycles. The third kappa shape index (κ3) is 4.47. The van der Waals surface area contributed by atoms with Gasteiger partial charge >= 0.3 is 12.0 Å². The summed E-state index contributed by atoms with van der Waals surface area (Å²) in [5.74, 6) is 0.366.